The lowest BCUT2D eigenvalue weighted by Gasteiger charge is -2.14. The monoisotopic (exact) mass is 539 g/mol. The second kappa shape index (κ2) is 12.1. The highest BCUT2D eigenvalue weighted by Gasteiger charge is 2.33. The van der Waals surface area contributed by atoms with Crippen molar-refractivity contribution < 1.29 is 24.2 Å². The van der Waals surface area contributed by atoms with Crippen LogP contribution in [-0.4, -0.2) is 39.4 Å². The van der Waals surface area contributed by atoms with E-state index in [0.717, 1.165) is 27.8 Å². The third-order valence-electron chi connectivity index (χ3n) is 5.23. The van der Waals surface area contributed by atoms with E-state index in [4.69, 9.17) is 38.4 Å². The molecule has 1 amide bonds. The highest BCUT2D eigenvalue weighted by molar-refractivity contribution is 8.26. The Labute approximate surface area is 223 Å². The van der Waals surface area contributed by atoms with Gasteiger partial charge in [-0.05, 0) is 47.0 Å². The maximum Gasteiger partial charge on any atom is 0.323 e. The maximum atomic E-state index is 12.6. The van der Waals surface area contributed by atoms with Gasteiger partial charge in [0.1, 0.15) is 17.5 Å². The minimum absolute atomic E-state index is 0.219. The second-order valence-electron chi connectivity index (χ2n) is 7.87. The zero-order valence-corrected chi connectivity index (χ0v) is 21.4. The topological polar surface area (TPSA) is 76.1 Å². The molecular formula is C27H22ClNO5S2. The Morgan fingerprint density at radius 2 is 1.75 bits per heavy atom. The van der Waals surface area contributed by atoms with Crippen molar-refractivity contribution in [2.75, 3.05) is 13.2 Å². The van der Waals surface area contributed by atoms with Crippen molar-refractivity contribution in [2.45, 2.75) is 13.0 Å². The van der Waals surface area contributed by atoms with Gasteiger partial charge in [-0.3, -0.25) is 14.5 Å². The van der Waals surface area contributed by atoms with Crippen LogP contribution in [0.2, 0.25) is 5.02 Å². The first-order valence-electron chi connectivity index (χ1n) is 11.0. The predicted molar refractivity (Wildman–Crippen MR) is 145 cm³/mol. The van der Waals surface area contributed by atoms with Gasteiger partial charge in [0.2, 0.25) is 0 Å². The fourth-order valence-corrected chi connectivity index (χ4v) is 4.82. The number of hydrogen-bond donors (Lipinski definition) is 1. The Kier molecular flexibility index (Phi) is 8.64. The van der Waals surface area contributed by atoms with E-state index in [0.29, 0.717) is 46.6 Å². The van der Waals surface area contributed by atoms with E-state index in [-0.39, 0.29) is 4.32 Å². The number of thioether (sulfide) groups is 1. The van der Waals surface area contributed by atoms with Crippen LogP contribution >= 0.6 is 35.6 Å². The molecule has 0 aromatic heterocycles. The van der Waals surface area contributed by atoms with Gasteiger partial charge in [-0.15, -0.1) is 0 Å². The van der Waals surface area contributed by atoms with Crippen molar-refractivity contribution in [3.05, 3.63) is 99.4 Å². The number of carbonyl (C=O) groups is 2. The highest BCUT2D eigenvalue weighted by atomic mass is 35.5. The lowest BCUT2D eigenvalue weighted by molar-refractivity contribution is -0.140. The van der Waals surface area contributed by atoms with Gasteiger partial charge in [0.05, 0.1) is 11.5 Å². The van der Waals surface area contributed by atoms with Gasteiger partial charge in [0.25, 0.3) is 5.91 Å². The van der Waals surface area contributed by atoms with Crippen molar-refractivity contribution in [2.24, 2.45) is 0 Å². The summed E-state index contributed by atoms with van der Waals surface area (Å²) in [7, 11) is 0. The van der Waals surface area contributed by atoms with Crippen LogP contribution in [0.3, 0.4) is 0 Å². The summed E-state index contributed by atoms with van der Waals surface area (Å²) in [5, 5.41) is 9.73. The van der Waals surface area contributed by atoms with Crippen LogP contribution in [-0.2, 0) is 22.6 Å². The van der Waals surface area contributed by atoms with Gasteiger partial charge >= 0.3 is 5.97 Å². The Bertz CT molecular complexity index is 1300. The smallest absolute Gasteiger partial charge is 0.323 e. The summed E-state index contributed by atoms with van der Waals surface area (Å²) in [6.45, 7) is 0.322. The molecule has 0 saturated carbocycles. The molecule has 184 valence electrons. The molecular weight excluding hydrogens is 518 g/mol. The molecule has 0 radical (unpaired) electrons. The van der Waals surface area contributed by atoms with Crippen LogP contribution in [0.25, 0.3) is 6.08 Å². The second-order valence-corrected chi connectivity index (χ2v) is 9.98. The summed E-state index contributed by atoms with van der Waals surface area (Å²) in [4.78, 5) is 25.1. The molecule has 0 bridgehead atoms. The minimum atomic E-state index is -1.12. The molecule has 3 aromatic rings. The van der Waals surface area contributed by atoms with Gasteiger partial charge in [-0.2, -0.15) is 0 Å². The number of carbonyl (C=O) groups excluding carboxylic acids is 1. The number of ether oxygens (including phenoxy) is 2. The number of halogens is 1. The van der Waals surface area contributed by atoms with E-state index in [2.05, 4.69) is 0 Å². The molecule has 1 heterocycles. The molecule has 0 spiro atoms. The first kappa shape index (κ1) is 25.8. The molecule has 4 rings (SSSR count). The van der Waals surface area contributed by atoms with Gasteiger partial charge in [-0.25, -0.2) is 0 Å². The largest absolute Gasteiger partial charge is 0.489 e. The average Bonchev–Trinajstić information content (AvgIpc) is 3.12. The molecule has 3 aromatic carbocycles. The van der Waals surface area contributed by atoms with Crippen LogP contribution in [0.15, 0.2) is 77.7 Å². The van der Waals surface area contributed by atoms with Crippen LogP contribution < -0.4 is 9.47 Å². The predicted octanol–water partition coefficient (Wildman–Crippen LogP) is 5.83. The van der Waals surface area contributed by atoms with Gasteiger partial charge in [0, 0.05) is 11.4 Å². The van der Waals surface area contributed by atoms with E-state index in [1.165, 1.54) is 0 Å². The first-order chi connectivity index (χ1) is 17.4. The summed E-state index contributed by atoms with van der Waals surface area (Å²) < 4.78 is 12.3. The number of rotatable bonds is 10. The molecule has 1 fully saturated rings. The lowest BCUT2D eigenvalue weighted by Crippen LogP contribution is -2.33. The fourth-order valence-electron chi connectivity index (χ4n) is 3.43. The van der Waals surface area contributed by atoms with Crippen LogP contribution in [0.1, 0.15) is 16.7 Å². The quantitative estimate of drug-likeness (QED) is 0.257. The molecule has 1 saturated heterocycles. The van der Waals surface area contributed by atoms with Crippen molar-refractivity contribution in [1.29, 1.82) is 0 Å². The average molecular weight is 540 g/mol. The zero-order chi connectivity index (χ0) is 25.5. The van der Waals surface area contributed by atoms with Crippen LogP contribution in [0.5, 0.6) is 11.5 Å². The van der Waals surface area contributed by atoms with Crippen molar-refractivity contribution >= 4 is 57.9 Å². The highest BCUT2D eigenvalue weighted by Crippen LogP contribution is 2.35. The Morgan fingerprint density at radius 3 is 2.47 bits per heavy atom. The normalized spacial score (nSPS) is 14.4. The molecule has 0 aliphatic carbocycles. The summed E-state index contributed by atoms with van der Waals surface area (Å²) in [6, 6.07) is 22.8. The van der Waals surface area contributed by atoms with Crippen molar-refractivity contribution in [3.8, 4) is 11.5 Å². The SMILES string of the molecule is O=C(O)CN1C(=O)/C(=C/c2ccc(OCCc3ccc(Cl)cc3)c(OCc3ccccc3)c2)SC1=S. The zero-order valence-electron chi connectivity index (χ0n) is 19.1. The number of nitrogens with zero attached hydrogens (tertiary/aromatic N) is 1. The molecule has 6 nitrogen and oxygen atoms in total. The molecule has 1 aliphatic rings. The third kappa shape index (κ3) is 6.87. The third-order valence-corrected chi connectivity index (χ3v) is 6.86. The van der Waals surface area contributed by atoms with Gasteiger partial charge in [-0.1, -0.05) is 84.1 Å². The van der Waals surface area contributed by atoms with E-state index in [1.54, 1.807) is 18.2 Å². The Balaban J connectivity index is 1.52. The number of amides is 1. The molecule has 1 aliphatic heterocycles. The lowest BCUT2D eigenvalue weighted by atomic mass is 10.1. The number of benzene rings is 3. The van der Waals surface area contributed by atoms with E-state index in [1.807, 2.05) is 60.7 Å². The number of aliphatic carboxylic acids is 1. The van der Waals surface area contributed by atoms with Crippen LogP contribution in [0.4, 0.5) is 0 Å². The van der Waals surface area contributed by atoms with Gasteiger partial charge < -0.3 is 14.6 Å². The molecule has 1 N–H and O–H groups in total. The Morgan fingerprint density at radius 1 is 1.00 bits per heavy atom. The van der Waals surface area contributed by atoms with Crippen molar-refractivity contribution in [1.82, 2.24) is 4.90 Å². The number of carboxylic acids is 1. The van der Waals surface area contributed by atoms with E-state index >= 15 is 0 Å². The maximum absolute atomic E-state index is 12.6. The summed E-state index contributed by atoms with van der Waals surface area (Å²) in [5.41, 5.74) is 2.81. The Hall–Kier alpha value is -3.33. The summed E-state index contributed by atoms with van der Waals surface area (Å²) in [5.74, 6) is -0.438. The van der Waals surface area contributed by atoms with Crippen molar-refractivity contribution in [3.63, 3.8) is 0 Å². The minimum Gasteiger partial charge on any atom is -0.489 e. The number of carboxylic acid groups (broad SMARTS) is 1. The van der Waals surface area contributed by atoms with E-state index < -0.39 is 18.4 Å². The van der Waals surface area contributed by atoms with Gasteiger partial charge in [0.15, 0.2) is 11.5 Å². The first-order valence-corrected chi connectivity index (χ1v) is 12.6. The molecule has 9 heteroatoms. The molecule has 36 heavy (non-hydrogen) atoms. The summed E-state index contributed by atoms with van der Waals surface area (Å²) >= 11 is 12.2. The standard InChI is InChI=1S/C27H22ClNO5S2/c28-21-9-6-18(7-10-21)12-13-33-22-11-8-20(14-23(22)34-17-19-4-2-1-3-5-19)15-24-26(32)29(16-25(30)31)27(35)36-24/h1-11,14-15H,12-13,16-17H2,(H,30,31)/b24-15-. The van der Waals surface area contributed by atoms with Crippen LogP contribution in [0, 0.1) is 0 Å². The molecule has 0 unspecified atom stereocenters. The van der Waals surface area contributed by atoms with E-state index in [9.17, 15) is 9.59 Å². The summed E-state index contributed by atoms with van der Waals surface area (Å²) in [6.07, 6.45) is 2.37. The number of thiocarbonyl (C=S) groups is 1. The fraction of sp³-hybridized carbons (Fsp3) is 0.148. The molecule has 0 atom stereocenters. The number of hydrogen-bond acceptors (Lipinski definition) is 6.